The number of benzene rings is 2. The Labute approximate surface area is 214 Å². The average Bonchev–Trinajstić information content (AvgIpc) is 3.16. The maximum Gasteiger partial charge on any atom is 0.415 e. The summed E-state index contributed by atoms with van der Waals surface area (Å²) >= 11 is 0. The minimum absolute atomic E-state index is 0. The van der Waals surface area contributed by atoms with Gasteiger partial charge in [-0.3, -0.25) is 14.7 Å². The topological polar surface area (TPSA) is 84.4 Å². The standard InChI is InChI=1S/C25H23FN4O3.2ClH/c26-20-9-5-4-8-19(20)21-14-28-22(15-27-21)29-23(31)17-10-12-25(13-11-17)16-30(24(32)33-25)18-6-2-1-3-7-18;;/h1-9,14-15,17H,10-13,16H2,(H,28,29,31);2*1H/t17-,25-;;. The lowest BCUT2D eigenvalue weighted by atomic mass is 9.78. The minimum atomic E-state index is -0.551. The molecule has 10 heteroatoms. The molecule has 1 saturated heterocycles. The molecule has 1 spiro atoms. The molecule has 5 rings (SSSR count). The van der Waals surface area contributed by atoms with Crippen LogP contribution in [0.3, 0.4) is 0 Å². The summed E-state index contributed by atoms with van der Waals surface area (Å²) in [4.78, 5) is 35.3. The van der Waals surface area contributed by atoms with Gasteiger partial charge in [0.15, 0.2) is 5.82 Å². The van der Waals surface area contributed by atoms with Gasteiger partial charge in [-0.05, 0) is 49.9 Å². The SMILES string of the molecule is Cl.Cl.O=C1O[C@]2(CC[C@H](C(=O)Nc3cnc(-c4ccccc4F)cn3)CC2)CN1c1ccccc1. The summed E-state index contributed by atoms with van der Waals surface area (Å²) in [6.45, 7) is 0.493. The predicted octanol–water partition coefficient (Wildman–Crippen LogP) is 5.65. The number of para-hydroxylation sites is 1. The summed E-state index contributed by atoms with van der Waals surface area (Å²) in [5.74, 6) is -0.392. The first-order valence-electron chi connectivity index (χ1n) is 11.0. The maximum absolute atomic E-state index is 13.9. The highest BCUT2D eigenvalue weighted by atomic mass is 35.5. The third-order valence-corrected chi connectivity index (χ3v) is 6.36. The molecule has 0 atom stereocenters. The third kappa shape index (κ3) is 5.55. The van der Waals surface area contributed by atoms with Crippen molar-refractivity contribution in [2.75, 3.05) is 16.8 Å². The van der Waals surface area contributed by atoms with Crippen LogP contribution in [-0.4, -0.2) is 34.1 Å². The smallest absolute Gasteiger partial charge is 0.415 e. The van der Waals surface area contributed by atoms with Gasteiger partial charge in [0.1, 0.15) is 11.4 Å². The maximum atomic E-state index is 13.9. The average molecular weight is 519 g/mol. The van der Waals surface area contributed by atoms with E-state index in [0.29, 0.717) is 49.3 Å². The molecule has 0 bridgehead atoms. The van der Waals surface area contributed by atoms with Crippen LogP contribution in [0.2, 0.25) is 0 Å². The Morgan fingerprint density at radius 3 is 2.34 bits per heavy atom. The second-order valence-corrected chi connectivity index (χ2v) is 8.50. The highest BCUT2D eigenvalue weighted by Gasteiger charge is 2.48. The van der Waals surface area contributed by atoms with E-state index in [1.807, 2.05) is 30.3 Å². The molecule has 2 fully saturated rings. The fourth-order valence-corrected chi connectivity index (χ4v) is 4.53. The van der Waals surface area contributed by atoms with Gasteiger partial charge in [-0.25, -0.2) is 14.2 Å². The first kappa shape index (κ1) is 26.4. The van der Waals surface area contributed by atoms with Crippen molar-refractivity contribution in [3.8, 4) is 11.3 Å². The van der Waals surface area contributed by atoms with Crippen molar-refractivity contribution in [1.29, 1.82) is 0 Å². The quantitative estimate of drug-likeness (QED) is 0.482. The first-order valence-corrected chi connectivity index (χ1v) is 11.0. The summed E-state index contributed by atoms with van der Waals surface area (Å²) in [5, 5.41) is 2.80. The lowest BCUT2D eigenvalue weighted by Crippen LogP contribution is -2.41. The molecule has 2 aliphatic rings. The van der Waals surface area contributed by atoms with Crippen LogP contribution in [0.5, 0.6) is 0 Å². The van der Waals surface area contributed by atoms with Crippen LogP contribution in [0, 0.1) is 11.7 Å². The number of aromatic nitrogens is 2. The molecule has 2 amide bonds. The normalized spacial score (nSPS) is 21.0. The molecule has 1 aliphatic heterocycles. The fourth-order valence-electron chi connectivity index (χ4n) is 4.53. The Bertz CT molecular complexity index is 1170. The molecule has 35 heavy (non-hydrogen) atoms. The van der Waals surface area contributed by atoms with Crippen LogP contribution < -0.4 is 10.2 Å². The van der Waals surface area contributed by atoms with E-state index >= 15 is 0 Å². The van der Waals surface area contributed by atoms with Gasteiger partial charge >= 0.3 is 6.09 Å². The van der Waals surface area contributed by atoms with E-state index in [-0.39, 0.29) is 48.5 Å². The lowest BCUT2D eigenvalue weighted by molar-refractivity contribution is -0.122. The number of halogens is 3. The van der Waals surface area contributed by atoms with Crippen molar-refractivity contribution in [2.24, 2.45) is 5.92 Å². The van der Waals surface area contributed by atoms with Crippen molar-refractivity contribution in [1.82, 2.24) is 9.97 Å². The van der Waals surface area contributed by atoms with Gasteiger partial charge in [0.2, 0.25) is 5.91 Å². The largest absolute Gasteiger partial charge is 0.441 e. The molecule has 1 aliphatic carbocycles. The summed E-state index contributed by atoms with van der Waals surface area (Å²) < 4.78 is 19.7. The summed E-state index contributed by atoms with van der Waals surface area (Å²) in [7, 11) is 0. The molecule has 3 aromatic rings. The second-order valence-electron chi connectivity index (χ2n) is 8.50. The molecular weight excluding hydrogens is 494 g/mol. The monoisotopic (exact) mass is 518 g/mol. The zero-order valence-electron chi connectivity index (χ0n) is 18.7. The molecule has 0 radical (unpaired) electrons. The molecule has 1 saturated carbocycles. The number of anilines is 2. The van der Waals surface area contributed by atoms with Crippen molar-refractivity contribution < 1.29 is 18.7 Å². The van der Waals surface area contributed by atoms with Gasteiger partial charge in [0.05, 0.1) is 24.6 Å². The Morgan fingerprint density at radius 2 is 1.69 bits per heavy atom. The van der Waals surface area contributed by atoms with Crippen molar-refractivity contribution in [2.45, 2.75) is 31.3 Å². The Morgan fingerprint density at radius 1 is 1.00 bits per heavy atom. The second kappa shape index (κ2) is 11.0. The zero-order chi connectivity index (χ0) is 22.8. The zero-order valence-corrected chi connectivity index (χ0v) is 20.4. The van der Waals surface area contributed by atoms with Crippen molar-refractivity contribution in [3.63, 3.8) is 0 Å². The lowest BCUT2D eigenvalue weighted by Gasteiger charge is -2.34. The molecule has 1 N–H and O–H groups in total. The summed E-state index contributed by atoms with van der Waals surface area (Å²) in [5.41, 5.74) is 1.02. The summed E-state index contributed by atoms with van der Waals surface area (Å²) in [6, 6.07) is 15.8. The van der Waals surface area contributed by atoms with Crippen LogP contribution in [-0.2, 0) is 9.53 Å². The van der Waals surface area contributed by atoms with Gasteiger partial charge in [-0.15, -0.1) is 24.8 Å². The number of nitrogens with one attached hydrogen (secondary N) is 1. The number of hydrogen-bond acceptors (Lipinski definition) is 5. The molecule has 184 valence electrons. The van der Waals surface area contributed by atoms with E-state index in [0.717, 1.165) is 5.69 Å². The fraction of sp³-hybridized carbons (Fsp3) is 0.280. The van der Waals surface area contributed by atoms with Crippen LogP contribution >= 0.6 is 24.8 Å². The highest BCUT2D eigenvalue weighted by molar-refractivity contribution is 5.92. The van der Waals surface area contributed by atoms with Crippen LogP contribution in [0.15, 0.2) is 67.0 Å². The van der Waals surface area contributed by atoms with Crippen LogP contribution in [0.1, 0.15) is 25.7 Å². The van der Waals surface area contributed by atoms with E-state index in [1.165, 1.54) is 18.5 Å². The summed E-state index contributed by atoms with van der Waals surface area (Å²) in [6.07, 6.45) is 5.01. The number of carbonyl (C=O) groups excluding carboxylic acids is 2. The van der Waals surface area contributed by atoms with Crippen molar-refractivity contribution >= 4 is 48.3 Å². The van der Waals surface area contributed by atoms with E-state index in [9.17, 15) is 14.0 Å². The molecule has 1 aromatic heterocycles. The third-order valence-electron chi connectivity index (χ3n) is 6.36. The highest BCUT2D eigenvalue weighted by Crippen LogP contribution is 2.41. The Hall–Kier alpha value is -3.23. The van der Waals surface area contributed by atoms with Gasteiger partial charge in [0, 0.05) is 17.2 Å². The van der Waals surface area contributed by atoms with Gasteiger partial charge in [-0.1, -0.05) is 30.3 Å². The number of hydrogen-bond donors (Lipinski definition) is 1. The number of nitrogens with zero attached hydrogens (tertiary/aromatic N) is 3. The van der Waals surface area contributed by atoms with Gasteiger partial charge in [-0.2, -0.15) is 0 Å². The first-order chi connectivity index (χ1) is 16.0. The molecule has 2 heterocycles. The molecule has 2 aromatic carbocycles. The molecule has 0 unspecified atom stereocenters. The Balaban J connectivity index is 0.00000171. The van der Waals surface area contributed by atoms with Gasteiger partial charge in [0.25, 0.3) is 0 Å². The van der Waals surface area contributed by atoms with E-state index in [2.05, 4.69) is 15.3 Å². The van der Waals surface area contributed by atoms with Crippen LogP contribution in [0.25, 0.3) is 11.3 Å². The number of ether oxygens (including phenoxy) is 1. The number of carbonyl (C=O) groups is 2. The number of rotatable bonds is 4. The van der Waals surface area contributed by atoms with E-state index < -0.39 is 5.60 Å². The minimum Gasteiger partial charge on any atom is -0.441 e. The van der Waals surface area contributed by atoms with E-state index in [4.69, 9.17) is 4.74 Å². The number of amides is 2. The Kier molecular flexibility index (Phi) is 8.30. The molecule has 7 nitrogen and oxygen atoms in total. The molecular formula is C25H25Cl2FN4O3. The van der Waals surface area contributed by atoms with Crippen molar-refractivity contribution in [3.05, 3.63) is 72.8 Å². The predicted molar refractivity (Wildman–Crippen MR) is 136 cm³/mol. The van der Waals surface area contributed by atoms with Crippen LogP contribution in [0.4, 0.5) is 20.7 Å². The van der Waals surface area contributed by atoms with Gasteiger partial charge < -0.3 is 10.1 Å². The van der Waals surface area contributed by atoms with E-state index in [1.54, 1.807) is 23.1 Å².